The third-order valence-electron chi connectivity index (χ3n) is 9.20. The average molecular weight is 799 g/mol. The van der Waals surface area contributed by atoms with E-state index in [1.54, 1.807) is 53.1 Å². The van der Waals surface area contributed by atoms with Crippen LogP contribution in [0.25, 0.3) is 33.8 Å². The molecule has 0 fully saturated rings. The molecule has 0 aliphatic heterocycles. The van der Waals surface area contributed by atoms with Crippen LogP contribution in [0.1, 0.15) is 33.6 Å². The average Bonchev–Trinajstić information content (AvgIpc) is 3.63. The SMILES string of the molecule is COc1cc(-c2ccncc2)nc2c(Cc3cccc(Cl)c3Cl)c(C)nn12.Cc1c(Cc2cccc(Cl)c2Cl)c2nc(-c3ccncc3)cc(=O)n2n1C. The zero-order valence-corrected chi connectivity index (χ0v) is 32.6. The number of hydrogen-bond donors (Lipinski definition) is 0. The highest BCUT2D eigenvalue weighted by Gasteiger charge is 2.20. The standard InChI is InChI=1S/2C20H16Cl2N4O/c1-12-15(10-14-4-3-5-16(21)19(14)22)20-24-17(13-6-8-23-9-7-13)11-18(27-2)26(20)25-12;1-12-15(10-14-4-3-5-16(21)19(14)22)20-24-17(13-6-8-23-9-7-13)11-18(27)26(20)25(12)2/h2*3-9,11H,10H2,1-2H3. The number of hydrogen-bond acceptors (Lipinski definition) is 7. The van der Waals surface area contributed by atoms with Crippen molar-refractivity contribution in [2.24, 2.45) is 7.05 Å². The second-order valence-electron chi connectivity index (χ2n) is 12.4. The predicted octanol–water partition coefficient (Wildman–Crippen LogP) is 9.31. The van der Waals surface area contributed by atoms with Gasteiger partial charge in [0.15, 0.2) is 11.3 Å². The van der Waals surface area contributed by atoms with E-state index >= 15 is 0 Å². The minimum absolute atomic E-state index is 0.138. The summed E-state index contributed by atoms with van der Waals surface area (Å²) in [5.74, 6) is 0.610. The van der Waals surface area contributed by atoms with Crippen LogP contribution in [-0.2, 0) is 19.9 Å². The number of methoxy groups -OCH3 is 1. The van der Waals surface area contributed by atoms with E-state index in [0.29, 0.717) is 50.2 Å². The number of aromatic nitrogens is 8. The molecule has 0 amide bonds. The van der Waals surface area contributed by atoms with Crippen LogP contribution >= 0.6 is 46.4 Å². The predicted molar refractivity (Wildman–Crippen MR) is 214 cm³/mol. The second kappa shape index (κ2) is 15.6. The Hall–Kier alpha value is -5.26. The molecule has 2 aromatic carbocycles. The largest absolute Gasteiger partial charge is 0.481 e. The van der Waals surface area contributed by atoms with Gasteiger partial charge in [0.2, 0.25) is 5.88 Å². The Bertz CT molecular complexity index is 2710. The summed E-state index contributed by atoms with van der Waals surface area (Å²) in [7, 11) is 3.47. The Morgan fingerprint density at radius 2 is 1.20 bits per heavy atom. The number of fused-ring (bicyclic) bond motifs is 2. The molecule has 8 rings (SSSR count). The molecule has 0 aliphatic rings. The van der Waals surface area contributed by atoms with Gasteiger partial charge in [-0.3, -0.25) is 19.4 Å². The van der Waals surface area contributed by atoms with Gasteiger partial charge in [-0.1, -0.05) is 70.7 Å². The molecule has 0 spiro atoms. The fourth-order valence-corrected chi connectivity index (χ4v) is 7.03. The third kappa shape index (κ3) is 7.18. The third-order valence-corrected chi connectivity index (χ3v) is 10.9. The molecule has 0 bridgehead atoms. The fraction of sp³-hybridized carbons (Fsp3) is 0.150. The van der Waals surface area contributed by atoms with E-state index in [1.807, 2.05) is 80.2 Å². The van der Waals surface area contributed by atoms with Crippen LogP contribution < -0.4 is 10.3 Å². The first kappa shape index (κ1) is 37.1. The first-order chi connectivity index (χ1) is 26.0. The van der Waals surface area contributed by atoms with Crippen molar-refractivity contribution in [2.45, 2.75) is 26.7 Å². The number of rotatable bonds is 7. The van der Waals surface area contributed by atoms with Gasteiger partial charge in [-0.2, -0.15) is 14.1 Å². The molecule has 6 aromatic heterocycles. The first-order valence-corrected chi connectivity index (χ1v) is 18.2. The van der Waals surface area contributed by atoms with Crippen molar-refractivity contribution in [1.82, 2.24) is 38.7 Å². The van der Waals surface area contributed by atoms with Crippen molar-refractivity contribution in [3.05, 3.63) is 162 Å². The molecule has 0 atom stereocenters. The van der Waals surface area contributed by atoms with Crippen molar-refractivity contribution in [2.75, 3.05) is 7.11 Å². The van der Waals surface area contributed by atoms with Crippen LogP contribution in [0, 0.1) is 13.8 Å². The molecule has 0 radical (unpaired) electrons. The topological polar surface area (TPSA) is 104 Å². The molecule has 0 aliphatic carbocycles. The zero-order chi connectivity index (χ0) is 38.1. The molecular weight excluding hydrogens is 766 g/mol. The summed E-state index contributed by atoms with van der Waals surface area (Å²) in [5, 5.41) is 6.72. The van der Waals surface area contributed by atoms with Gasteiger partial charge in [0.25, 0.3) is 5.56 Å². The van der Waals surface area contributed by atoms with Gasteiger partial charge < -0.3 is 4.74 Å². The lowest BCUT2D eigenvalue weighted by atomic mass is 10.0. The highest BCUT2D eigenvalue weighted by atomic mass is 35.5. The summed E-state index contributed by atoms with van der Waals surface area (Å²) in [4.78, 5) is 30.5. The smallest absolute Gasteiger partial charge is 0.273 e. The fourth-order valence-electron chi connectivity index (χ4n) is 6.26. The van der Waals surface area contributed by atoms with Crippen LogP contribution in [-0.4, -0.2) is 45.9 Å². The molecule has 54 heavy (non-hydrogen) atoms. The number of aryl methyl sites for hydroxylation is 2. The Morgan fingerprint density at radius 1 is 0.685 bits per heavy atom. The summed E-state index contributed by atoms with van der Waals surface area (Å²) in [6.07, 6.45) is 7.94. The summed E-state index contributed by atoms with van der Waals surface area (Å²) < 4.78 is 10.7. The van der Waals surface area contributed by atoms with Crippen molar-refractivity contribution in [1.29, 1.82) is 0 Å². The van der Waals surface area contributed by atoms with Crippen LogP contribution in [0.5, 0.6) is 5.88 Å². The van der Waals surface area contributed by atoms with Gasteiger partial charge >= 0.3 is 0 Å². The van der Waals surface area contributed by atoms with Gasteiger partial charge in [-0.25, -0.2) is 9.97 Å². The zero-order valence-electron chi connectivity index (χ0n) is 29.6. The molecule has 10 nitrogen and oxygen atoms in total. The van der Waals surface area contributed by atoms with Gasteiger partial charge in [0.1, 0.15) is 0 Å². The van der Waals surface area contributed by atoms with E-state index in [0.717, 1.165) is 56.1 Å². The Labute approximate surface area is 330 Å². The lowest BCUT2D eigenvalue weighted by Crippen LogP contribution is -2.19. The van der Waals surface area contributed by atoms with Gasteiger partial charge in [0, 0.05) is 84.8 Å². The Kier molecular flexibility index (Phi) is 10.7. The highest BCUT2D eigenvalue weighted by molar-refractivity contribution is 6.43. The van der Waals surface area contributed by atoms with Crippen molar-refractivity contribution in [3.8, 4) is 28.4 Å². The summed E-state index contributed by atoms with van der Waals surface area (Å²) in [5.41, 5.74) is 9.97. The maximum atomic E-state index is 12.8. The molecule has 6 heterocycles. The highest BCUT2D eigenvalue weighted by Crippen LogP contribution is 2.32. The van der Waals surface area contributed by atoms with Crippen LogP contribution in [0.15, 0.2) is 102 Å². The maximum Gasteiger partial charge on any atom is 0.273 e. The molecule has 0 saturated carbocycles. The van der Waals surface area contributed by atoms with Crippen LogP contribution in [0.2, 0.25) is 20.1 Å². The maximum absolute atomic E-state index is 12.8. The lowest BCUT2D eigenvalue weighted by molar-refractivity contribution is 0.384. The van der Waals surface area contributed by atoms with E-state index in [9.17, 15) is 4.79 Å². The van der Waals surface area contributed by atoms with Crippen LogP contribution in [0.3, 0.4) is 0 Å². The van der Waals surface area contributed by atoms with E-state index in [2.05, 4.69) is 15.1 Å². The number of halogens is 4. The monoisotopic (exact) mass is 796 g/mol. The van der Waals surface area contributed by atoms with Gasteiger partial charge in [0.05, 0.1) is 44.3 Å². The normalized spacial score (nSPS) is 11.2. The first-order valence-electron chi connectivity index (χ1n) is 16.7. The lowest BCUT2D eigenvalue weighted by Gasteiger charge is -2.09. The number of pyridine rings is 2. The molecule has 0 saturated heterocycles. The second-order valence-corrected chi connectivity index (χ2v) is 14.0. The quantitative estimate of drug-likeness (QED) is 0.158. The summed E-state index contributed by atoms with van der Waals surface area (Å²) in [6.45, 7) is 3.92. The van der Waals surface area contributed by atoms with E-state index < -0.39 is 0 Å². The van der Waals surface area contributed by atoms with Crippen molar-refractivity contribution >= 4 is 57.7 Å². The Morgan fingerprint density at radius 3 is 1.76 bits per heavy atom. The van der Waals surface area contributed by atoms with Crippen molar-refractivity contribution in [3.63, 3.8) is 0 Å². The minimum Gasteiger partial charge on any atom is -0.481 e. The number of benzene rings is 2. The summed E-state index contributed by atoms with van der Waals surface area (Å²) >= 11 is 25.1. The van der Waals surface area contributed by atoms with Gasteiger partial charge in [-0.15, -0.1) is 0 Å². The van der Waals surface area contributed by atoms with Gasteiger partial charge in [-0.05, 0) is 61.4 Å². The van der Waals surface area contributed by atoms with Crippen molar-refractivity contribution < 1.29 is 4.74 Å². The molecular formula is C40H32Cl4N8O2. The summed E-state index contributed by atoms with van der Waals surface area (Å²) in [6, 6.07) is 22.1. The van der Waals surface area contributed by atoms with Crippen LogP contribution in [0.4, 0.5) is 0 Å². The molecule has 0 unspecified atom stereocenters. The van der Waals surface area contributed by atoms with E-state index in [4.69, 9.17) is 61.1 Å². The minimum atomic E-state index is -0.138. The van der Waals surface area contributed by atoms with E-state index in [1.165, 1.54) is 6.07 Å². The number of nitrogens with zero attached hydrogens (tertiary/aromatic N) is 8. The van der Waals surface area contributed by atoms with E-state index in [-0.39, 0.29) is 5.56 Å². The number of ether oxygens (including phenoxy) is 1. The Balaban J connectivity index is 0.000000167. The molecule has 272 valence electrons. The molecule has 8 aromatic rings. The molecule has 14 heteroatoms. The molecule has 0 N–H and O–H groups in total.